The molecule has 0 fully saturated rings. The van der Waals surface area contributed by atoms with E-state index in [9.17, 15) is 4.79 Å². The summed E-state index contributed by atoms with van der Waals surface area (Å²) in [5, 5.41) is 3.08. The van der Waals surface area contributed by atoms with Crippen molar-refractivity contribution in [3.05, 3.63) is 41.5 Å². The Kier molecular flexibility index (Phi) is 12.2. The molecule has 1 amide bonds. The first-order chi connectivity index (χ1) is 18.4. The van der Waals surface area contributed by atoms with Gasteiger partial charge in [-0.2, -0.15) is 0 Å². The molecule has 0 bridgehead atoms. The van der Waals surface area contributed by atoms with Crippen LogP contribution in [-0.2, 0) is 11.8 Å². The summed E-state index contributed by atoms with van der Waals surface area (Å²) in [7, 11) is 2.03. The maximum Gasteiger partial charge on any atom is 0.222 e. The molecule has 6 nitrogen and oxygen atoms in total. The minimum Gasteiger partial charge on any atom is -0.494 e. The smallest absolute Gasteiger partial charge is 0.222 e. The van der Waals surface area contributed by atoms with E-state index in [4.69, 9.17) is 9.47 Å². The highest BCUT2D eigenvalue weighted by atomic mass is 16.5. The predicted molar refractivity (Wildman–Crippen MR) is 156 cm³/mol. The third-order valence-electron chi connectivity index (χ3n) is 7.42. The quantitative estimate of drug-likeness (QED) is 0.218. The first-order valence-electron chi connectivity index (χ1n) is 14.9. The number of unbranched alkanes of at least 4 members (excludes halogenated alkanes) is 6. The Labute approximate surface area is 230 Å². The van der Waals surface area contributed by atoms with Gasteiger partial charge in [-0.05, 0) is 62.8 Å². The lowest BCUT2D eigenvalue weighted by Crippen LogP contribution is -2.30. The van der Waals surface area contributed by atoms with E-state index < -0.39 is 0 Å². The van der Waals surface area contributed by atoms with E-state index in [1.165, 1.54) is 38.5 Å². The van der Waals surface area contributed by atoms with E-state index in [1.807, 2.05) is 26.4 Å². The SMILES string of the molecule is CCCCCCNC(=O)C(C)CCCOc1cc(C)c2c(c1)C=C(c1nccn1C)C(CCCCCC)O2. The normalized spacial score (nSPS) is 15.4. The van der Waals surface area contributed by atoms with Crippen LogP contribution in [0.3, 0.4) is 0 Å². The summed E-state index contributed by atoms with van der Waals surface area (Å²) in [5.41, 5.74) is 3.26. The average Bonchev–Trinajstić information content (AvgIpc) is 3.34. The van der Waals surface area contributed by atoms with Gasteiger partial charge in [0.2, 0.25) is 5.91 Å². The predicted octanol–water partition coefficient (Wildman–Crippen LogP) is 7.49. The van der Waals surface area contributed by atoms with E-state index >= 15 is 0 Å². The Morgan fingerprint density at radius 2 is 1.87 bits per heavy atom. The van der Waals surface area contributed by atoms with Crippen LogP contribution in [0, 0.1) is 12.8 Å². The van der Waals surface area contributed by atoms with Crippen LogP contribution >= 0.6 is 0 Å². The van der Waals surface area contributed by atoms with Crippen molar-refractivity contribution in [2.24, 2.45) is 13.0 Å². The first-order valence-corrected chi connectivity index (χ1v) is 14.9. The number of fused-ring (bicyclic) bond motifs is 1. The molecule has 0 spiro atoms. The number of ether oxygens (including phenoxy) is 2. The molecule has 0 aliphatic carbocycles. The summed E-state index contributed by atoms with van der Waals surface area (Å²) >= 11 is 0. The van der Waals surface area contributed by atoms with Gasteiger partial charge in [-0.1, -0.05) is 59.3 Å². The van der Waals surface area contributed by atoms with Gasteiger partial charge < -0.3 is 19.4 Å². The number of carbonyl (C=O) groups is 1. The molecule has 1 aromatic carbocycles. The van der Waals surface area contributed by atoms with E-state index in [2.05, 4.69) is 53.8 Å². The van der Waals surface area contributed by atoms with Crippen LogP contribution in [0.1, 0.15) is 108 Å². The second-order valence-corrected chi connectivity index (χ2v) is 10.8. The van der Waals surface area contributed by atoms with E-state index in [-0.39, 0.29) is 17.9 Å². The van der Waals surface area contributed by atoms with Gasteiger partial charge in [0.25, 0.3) is 0 Å². The highest BCUT2D eigenvalue weighted by Gasteiger charge is 2.27. The van der Waals surface area contributed by atoms with Crippen molar-refractivity contribution in [1.29, 1.82) is 0 Å². The number of nitrogens with zero attached hydrogens (tertiary/aromatic N) is 2. The number of imidazole rings is 1. The Morgan fingerprint density at radius 3 is 2.58 bits per heavy atom. The summed E-state index contributed by atoms with van der Waals surface area (Å²) in [5.74, 6) is 2.90. The van der Waals surface area contributed by atoms with Crippen molar-refractivity contribution >= 4 is 17.6 Å². The van der Waals surface area contributed by atoms with Gasteiger partial charge in [0, 0.05) is 43.0 Å². The van der Waals surface area contributed by atoms with Crippen LogP contribution in [0.2, 0.25) is 0 Å². The molecule has 1 aliphatic rings. The first kappa shape index (κ1) is 29.8. The van der Waals surface area contributed by atoms with Gasteiger partial charge in [-0.15, -0.1) is 0 Å². The second kappa shape index (κ2) is 15.6. The van der Waals surface area contributed by atoms with Crippen LogP contribution < -0.4 is 14.8 Å². The fraction of sp³-hybridized carbons (Fsp3) is 0.625. The summed E-state index contributed by atoms with van der Waals surface area (Å²) < 4.78 is 14.8. The average molecular weight is 524 g/mol. The zero-order chi connectivity index (χ0) is 27.3. The second-order valence-electron chi connectivity index (χ2n) is 10.8. The van der Waals surface area contributed by atoms with Crippen molar-refractivity contribution < 1.29 is 14.3 Å². The van der Waals surface area contributed by atoms with Crippen molar-refractivity contribution in [3.63, 3.8) is 0 Å². The summed E-state index contributed by atoms with van der Waals surface area (Å²) in [6, 6.07) is 4.14. The van der Waals surface area contributed by atoms with Crippen LogP contribution in [0.4, 0.5) is 0 Å². The number of nitrogens with one attached hydrogen (secondary N) is 1. The number of benzene rings is 1. The standard InChI is InChI=1S/C32H49N3O3/c1-6-8-10-12-16-29-28(31-33-18-19-35(31)5)23-26-22-27(21-25(4)30(26)38-29)37-20-14-15-24(3)32(36)34-17-13-11-9-7-2/h18-19,21-24,29H,6-17,20H2,1-5H3,(H,34,36). The molecule has 2 unspecified atom stereocenters. The van der Waals surface area contributed by atoms with Crippen molar-refractivity contribution in [1.82, 2.24) is 14.9 Å². The zero-order valence-electron chi connectivity index (χ0n) is 24.4. The minimum atomic E-state index is 0.000908. The summed E-state index contributed by atoms with van der Waals surface area (Å²) in [6.45, 7) is 9.90. The van der Waals surface area contributed by atoms with Gasteiger partial charge in [0.05, 0.1) is 6.61 Å². The van der Waals surface area contributed by atoms with E-state index in [0.29, 0.717) is 6.61 Å². The molecule has 2 aromatic rings. The molecular weight excluding hydrogens is 474 g/mol. The van der Waals surface area contributed by atoms with Crippen LogP contribution in [-0.4, -0.2) is 34.7 Å². The topological polar surface area (TPSA) is 65.4 Å². The van der Waals surface area contributed by atoms with Gasteiger partial charge in [0.15, 0.2) is 0 Å². The number of rotatable bonds is 17. The molecule has 2 atom stereocenters. The molecule has 38 heavy (non-hydrogen) atoms. The number of aryl methyl sites for hydroxylation is 2. The molecule has 3 rings (SSSR count). The lowest BCUT2D eigenvalue weighted by molar-refractivity contribution is -0.124. The molecule has 0 radical (unpaired) electrons. The maximum absolute atomic E-state index is 12.3. The fourth-order valence-corrected chi connectivity index (χ4v) is 5.06. The Bertz CT molecular complexity index is 1040. The molecule has 2 heterocycles. The molecule has 210 valence electrons. The van der Waals surface area contributed by atoms with Gasteiger partial charge >= 0.3 is 0 Å². The van der Waals surface area contributed by atoms with Gasteiger partial charge in [-0.25, -0.2) is 4.98 Å². The van der Waals surface area contributed by atoms with Crippen molar-refractivity contribution in [3.8, 4) is 11.5 Å². The third kappa shape index (κ3) is 8.64. The largest absolute Gasteiger partial charge is 0.494 e. The highest BCUT2D eigenvalue weighted by molar-refractivity contribution is 5.86. The Morgan fingerprint density at radius 1 is 1.11 bits per heavy atom. The number of amides is 1. The Hall–Kier alpha value is -2.76. The number of carbonyl (C=O) groups excluding carboxylic acids is 1. The van der Waals surface area contributed by atoms with Crippen molar-refractivity contribution in [2.75, 3.05) is 13.2 Å². The number of aromatic nitrogens is 2. The summed E-state index contributed by atoms with van der Waals surface area (Å²) in [4.78, 5) is 17.0. The molecule has 6 heteroatoms. The minimum absolute atomic E-state index is 0.000908. The maximum atomic E-state index is 12.3. The monoisotopic (exact) mass is 523 g/mol. The van der Waals surface area contributed by atoms with Gasteiger partial charge in [-0.3, -0.25) is 4.79 Å². The van der Waals surface area contributed by atoms with Crippen LogP contribution in [0.15, 0.2) is 24.5 Å². The van der Waals surface area contributed by atoms with E-state index in [0.717, 1.165) is 72.7 Å². The third-order valence-corrected chi connectivity index (χ3v) is 7.42. The number of hydrogen-bond acceptors (Lipinski definition) is 4. The lowest BCUT2D eigenvalue weighted by atomic mass is 9.95. The van der Waals surface area contributed by atoms with Crippen molar-refractivity contribution in [2.45, 2.75) is 104 Å². The Balaban J connectivity index is 1.58. The fourth-order valence-electron chi connectivity index (χ4n) is 5.06. The van der Waals surface area contributed by atoms with Crippen LogP contribution in [0.5, 0.6) is 11.5 Å². The molecule has 1 N–H and O–H groups in total. The van der Waals surface area contributed by atoms with Gasteiger partial charge in [0.1, 0.15) is 23.4 Å². The highest BCUT2D eigenvalue weighted by Crippen LogP contribution is 2.40. The molecular formula is C32H49N3O3. The van der Waals surface area contributed by atoms with E-state index in [1.54, 1.807) is 0 Å². The lowest BCUT2D eigenvalue weighted by Gasteiger charge is -2.29. The molecule has 1 aliphatic heterocycles. The molecule has 0 saturated heterocycles. The summed E-state index contributed by atoms with van der Waals surface area (Å²) in [6.07, 6.45) is 18.3. The molecule has 0 saturated carbocycles. The zero-order valence-corrected chi connectivity index (χ0v) is 24.4. The number of hydrogen-bond donors (Lipinski definition) is 1. The molecule has 1 aromatic heterocycles. The van der Waals surface area contributed by atoms with Crippen LogP contribution in [0.25, 0.3) is 11.6 Å².